The van der Waals surface area contributed by atoms with E-state index in [1.54, 1.807) is 0 Å². The number of hydrogen-bond acceptors (Lipinski definition) is 2. The molecule has 0 aromatic rings. The largest absolute Gasteiger partial charge is 0.478 e. The smallest absolute Gasteiger partial charge is 0.335 e. The van der Waals surface area contributed by atoms with Gasteiger partial charge in [-0.25, -0.2) is 9.59 Å². The molecule has 0 rings (SSSR count). The summed E-state index contributed by atoms with van der Waals surface area (Å²) in [7, 11) is -1.87. The monoisotopic (exact) mass is 136 g/mol. The fourth-order valence-corrected chi connectivity index (χ4v) is 0.245. The van der Waals surface area contributed by atoms with Gasteiger partial charge in [0, 0.05) is 0 Å². The average molecular weight is 136 g/mol. The Hall–Kier alpha value is -0.630. The molecular weight excluding hydrogens is 131 g/mol. The normalized spacial score (nSPS) is 9.25. The lowest BCUT2D eigenvalue weighted by molar-refractivity contribution is 0.215. The SMILES string of the molecule is CP(C(=O)O)C(=O)O. The van der Waals surface area contributed by atoms with E-state index in [1.165, 1.54) is 6.66 Å². The van der Waals surface area contributed by atoms with Gasteiger partial charge in [-0.2, -0.15) is 0 Å². The van der Waals surface area contributed by atoms with E-state index in [1.807, 2.05) is 0 Å². The first-order valence-corrected chi connectivity index (χ1v) is 3.54. The van der Waals surface area contributed by atoms with Crippen molar-refractivity contribution >= 4 is 19.3 Å². The van der Waals surface area contributed by atoms with Gasteiger partial charge in [0.2, 0.25) is 0 Å². The summed E-state index contributed by atoms with van der Waals surface area (Å²) in [6, 6.07) is 0. The Morgan fingerprint density at radius 1 is 1.25 bits per heavy atom. The molecule has 0 heterocycles. The van der Waals surface area contributed by atoms with Gasteiger partial charge >= 0.3 is 11.4 Å². The van der Waals surface area contributed by atoms with Crippen LogP contribution in [-0.2, 0) is 0 Å². The Bertz CT molecular complexity index is 106. The zero-order valence-corrected chi connectivity index (χ0v) is 5.05. The maximum absolute atomic E-state index is 9.79. The maximum Gasteiger partial charge on any atom is 0.335 e. The maximum atomic E-state index is 9.79. The predicted molar refractivity (Wildman–Crippen MR) is 28.9 cm³/mol. The Labute approximate surface area is 46.9 Å². The summed E-state index contributed by atoms with van der Waals surface area (Å²) in [6.45, 7) is 1.18. The molecule has 0 amide bonds. The van der Waals surface area contributed by atoms with Crippen LogP contribution in [0, 0.1) is 0 Å². The molecule has 0 atom stereocenters. The van der Waals surface area contributed by atoms with Gasteiger partial charge in [0.05, 0.1) is 0 Å². The van der Waals surface area contributed by atoms with Gasteiger partial charge in [0.1, 0.15) is 7.92 Å². The highest BCUT2D eigenvalue weighted by atomic mass is 31.1. The summed E-state index contributed by atoms with van der Waals surface area (Å²) in [6.07, 6.45) is 0. The standard InChI is InChI=1S/C3H5O4P/c1-8(2(4)5)3(6)7/h1H3,(H,4,5)(H,6,7). The van der Waals surface area contributed by atoms with Crippen molar-refractivity contribution in [1.82, 2.24) is 0 Å². The molecule has 0 aliphatic rings. The summed E-state index contributed by atoms with van der Waals surface area (Å²) in [5.74, 6) is 0. The minimum Gasteiger partial charge on any atom is -0.478 e. The lowest BCUT2D eigenvalue weighted by atomic mass is 11.6. The Morgan fingerprint density at radius 2 is 1.50 bits per heavy atom. The van der Waals surface area contributed by atoms with E-state index >= 15 is 0 Å². The lowest BCUT2D eigenvalue weighted by Crippen LogP contribution is -1.96. The molecule has 0 aliphatic carbocycles. The van der Waals surface area contributed by atoms with Gasteiger partial charge in [-0.15, -0.1) is 0 Å². The topological polar surface area (TPSA) is 74.6 Å². The van der Waals surface area contributed by atoms with Crippen LogP contribution in [0.15, 0.2) is 0 Å². The molecule has 0 aromatic heterocycles. The molecule has 4 nitrogen and oxygen atoms in total. The molecule has 0 aliphatic heterocycles. The molecule has 2 N–H and O–H groups in total. The Kier molecular flexibility index (Phi) is 2.42. The molecule has 0 aromatic carbocycles. The fourth-order valence-electron chi connectivity index (χ4n) is 0.0818. The first-order chi connectivity index (χ1) is 3.55. The van der Waals surface area contributed by atoms with Gasteiger partial charge in [-0.3, -0.25) is 0 Å². The fraction of sp³-hybridized carbons (Fsp3) is 0.333. The van der Waals surface area contributed by atoms with Crippen LogP contribution in [0.2, 0.25) is 0 Å². The molecular formula is C3H5O4P. The molecule has 8 heavy (non-hydrogen) atoms. The van der Waals surface area contributed by atoms with Crippen molar-refractivity contribution < 1.29 is 19.8 Å². The zero-order chi connectivity index (χ0) is 6.73. The third-order valence-electron chi connectivity index (χ3n) is 0.574. The minimum atomic E-state index is -1.87. The molecule has 46 valence electrons. The molecule has 0 saturated carbocycles. The molecule has 0 saturated heterocycles. The van der Waals surface area contributed by atoms with E-state index in [2.05, 4.69) is 0 Å². The van der Waals surface area contributed by atoms with E-state index in [-0.39, 0.29) is 0 Å². The van der Waals surface area contributed by atoms with E-state index in [4.69, 9.17) is 10.2 Å². The number of carboxylic acid groups (broad SMARTS) is 2. The highest BCUT2D eigenvalue weighted by molar-refractivity contribution is 7.87. The van der Waals surface area contributed by atoms with E-state index in [9.17, 15) is 9.59 Å². The van der Waals surface area contributed by atoms with Crippen LogP contribution in [0.25, 0.3) is 0 Å². The quantitative estimate of drug-likeness (QED) is 0.563. The van der Waals surface area contributed by atoms with Gasteiger partial charge in [-0.05, 0) is 6.66 Å². The number of carbonyl (C=O) groups is 2. The molecule has 0 spiro atoms. The first kappa shape index (κ1) is 7.37. The van der Waals surface area contributed by atoms with Gasteiger partial charge in [-0.1, -0.05) is 0 Å². The van der Waals surface area contributed by atoms with Gasteiger partial charge < -0.3 is 10.2 Å². The van der Waals surface area contributed by atoms with E-state index in [0.717, 1.165) is 0 Å². The molecule has 5 heteroatoms. The van der Waals surface area contributed by atoms with E-state index in [0.29, 0.717) is 0 Å². The summed E-state index contributed by atoms with van der Waals surface area (Å²) in [5.41, 5.74) is -2.49. The highest BCUT2D eigenvalue weighted by Crippen LogP contribution is 2.30. The molecule has 0 fully saturated rings. The lowest BCUT2D eigenvalue weighted by Gasteiger charge is -1.94. The minimum absolute atomic E-state index is 1.18. The second kappa shape index (κ2) is 2.62. The summed E-state index contributed by atoms with van der Waals surface area (Å²) >= 11 is 0. The van der Waals surface area contributed by atoms with Crippen LogP contribution >= 0.6 is 7.92 Å². The molecule has 0 radical (unpaired) electrons. The highest BCUT2D eigenvalue weighted by Gasteiger charge is 2.18. The van der Waals surface area contributed by atoms with Crippen molar-refractivity contribution in [3.8, 4) is 0 Å². The third-order valence-corrected chi connectivity index (χ3v) is 1.72. The average Bonchev–Trinajstić information content (AvgIpc) is 1.64. The third kappa shape index (κ3) is 1.89. The molecule has 0 bridgehead atoms. The second-order valence-corrected chi connectivity index (χ2v) is 3.01. The van der Waals surface area contributed by atoms with Crippen LogP contribution in [0.1, 0.15) is 0 Å². The van der Waals surface area contributed by atoms with Crippen molar-refractivity contribution in [3.05, 3.63) is 0 Å². The van der Waals surface area contributed by atoms with Crippen LogP contribution in [-0.4, -0.2) is 28.3 Å². The van der Waals surface area contributed by atoms with Crippen molar-refractivity contribution in [2.24, 2.45) is 0 Å². The van der Waals surface area contributed by atoms with Crippen LogP contribution in [0.5, 0.6) is 0 Å². The summed E-state index contributed by atoms with van der Waals surface area (Å²) in [4.78, 5) is 19.6. The summed E-state index contributed by atoms with van der Waals surface area (Å²) < 4.78 is 0. The number of hydrogen-bond donors (Lipinski definition) is 2. The first-order valence-electron chi connectivity index (χ1n) is 1.75. The van der Waals surface area contributed by atoms with Crippen molar-refractivity contribution in [2.45, 2.75) is 0 Å². The van der Waals surface area contributed by atoms with Crippen molar-refractivity contribution in [3.63, 3.8) is 0 Å². The van der Waals surface area contributed by atoms with Crippen LogP contribution in [0.3, 0.4) is 0 Å². The predicted octanol–water partition coefficient (Wildman–Crippen LogP) is 1.45. The molecule has 0 unspecified atom stereocenters. The summed E-state index contributed by atoms with van der Waals surface area (Å²) in [5, 5.41) is 16.0. The van der Waals surface area contributed by atoms with Gasteiger partial charge in [0.15, 0.2) is 0 Å². The van der Waals surface area contributed by atoms with E-state index < -0.39 is 19.3 Å². The zero-order valence-electron chi connectivity index (χ0n) is 4.16. The van der Waals surface area contributed by atoms with Crippen LogP contribution in [0.4, 0.5) is 9.59 Å². The van der Waals surface area contributed by atoms with Crippen molar-refractivity contribution in [2.75, 3.05) is 6.66 Å². The van der Waals surface area contributed by atoms with Crippen LogP contribution < -0.4 is 0 Å². The Balaban J connectivity index is 3.83. The second-order valence-electron chi connectivity index (χ2n) is 1.12. The van der Waals surface area contributed by atoms with Crippen molar-refractivity contribution in [1.29, 1.82) is 0 Å². The Morgan fingerprint density at radius 3 is 1.50 bits per heavy atom. The number of rotatable bonds is 2. The van der Waals surface area contributed by atoms with Gasteiger partial charge in [0.25, 0.3) is 0 Å².